The molecule has 20 heavy (non-hydrogen) atoms. The van der Waals surface area contributed by atoms with Crippen molar-refractivity contribution in [1.82, 2.24) is 0 Å². The summed E-state index contributed by atoms with van der Waals surface area (Å²) in [5.41, 5.74) is 1.75. The minimum atomic E-state index is -0.685. The van der Waals surface area contributed by atoms with Gasteiger partial charge in [0.1, 0.15) is 0 Å². The van der Waals surface area contributed by atoms with E-state index >= 15 is 0 Å². The van der Waals surface area contributed by atoms with E-state index in [4.69, 9.17) is 0 Å². The average molecular weight is 276 g/mol. The van der Waals surface area contributed by atoms with Crippen LogP contribution >= 0.6 is 0 Å². The Balaban J connectivity index is 3.06. The Hall–Kier alpha value is -0.820. The Morgan fingerprint density at radius 2 is 1.45 bits per heavy atom. The average Bonchev–Trinajstić information content (AvgIpc) is 2.26. The molecular weight excluding hydrogens is 244 g/mol. The van der Waals surface area contributed by atoms with Crippen LogP contribution in [0.2, 0.25) is 0 Å². The fourth-order valence-electron chi connectivity index (χ4n) is 3.13. The van der Waals surface area contributed by atoms with Crippen LogP contribution in [0.1, 0.15) is 65.5 Å². The quantitative estimate of drug-likeness (QED) is 0.729. The minimum absolute atomic E-state index is 0.493. The third-order valence-electron chi connectivity index (χ3n) is 3.60. The normalized spacial score (nSPS) is 12.7. The minimum Gasteiger partial charge on any atom is -0.385 e. The fourth-order valence-corrected chi connectivity index (χ4v) is 3.13. The summed E-state index contributed by atoms with van der Waals surface area (Å²) in [6.07, 6.45) is 2.74. The summed E-state index contributed by atoms with van der Waals surface area (Å²) in [5, 5.41) is 11.2. The Labute approximate surface area is 125 Å². The van der Waals surface area contributed by atoms with Gasteiger partial charge in [-0.1, -0.05) is 65.8 Å². The number of aliphatic hydroxyl groups is 1. The summed E-state index contributed by atoms with van der Waals surface area (Å²) < 4.78 is 0. The molecule has 0 amide bonds. The molecule has 1 aromatic carbocycles. The molecule has 1 N–H and O–H groups in total. The number of rotatable bonds is 7. The lowest BCUT2D eigenvalue weighted by molar-refractivity contribution is -0.00457. The Bertz CT molecular complexity index is 394. The second-order valence-corrected chi connectivity index (χ2v) is 7.53. The van der Waals surface area contributed by atoms with E-state index in [1.54, 1.807) is 0 Å². The molecule has 0 aromatic heterocycles. The highest BCUT2D eigenvalue weighted by atomic mass is 16.3. The maximum absolute atomic E-state index is 11.2. The van der Waals surface area contributed by atoms with E-state index < -0.39 is 5.60 Å². The third-order valence-corrected chi connectivity index (χ3v) is 3.60. The van der Waals surface area contributed by atoms with Crippen LogP contribution in [0.25, 0.3) is 0 Å². The molecule has 0 bridgehead atoms. The van der Waals surface area contributed by atoms with Gasteiger partial charge in [0.15, 0.2) is 0 Å². The van der Waals surface area contributed by atoms with E-state index in [0.717, 1.165) is 24.8 Å². The molecular formula is C19H32O. The topological polar surface area (TPSA) is 20.2 Å². The van der Waals surface area contributed by atoms with E-state index in [0.29, 0.717) is 17.8 Å². The zero-order valence-electron chi connectivity index (χ0n) is 14.1. The number of hydrogen-bond acceptors (Lipinski definition) is 1. The zero-order valence-corrected chi connectivity index (χ0v) is 14.1. The van der Waals surface area contributed by atoms with Gasteiger partial charge < -0.3 is 5.11 Å². The summed E-state index contributed by atoms with van der Waals surface area (Å²) in [7, 11) is 0. The smallest absolute Gasteiger partial charge is 0.0901 e. The maximum Gasteiger partial charge on any atom is 0.0901 e. The lowest BCUT2D eigenvalue weighted by Crippen LogP contribution is -2.29. The first-order chi connectivity index (χ1) is 9.23. The van der Waals surface area contributed by atoms with Gasteiger partial charge in [0.05, 0.1) is 5.60 Å². The van der Waals surface area contributed by atoms with Gasteiger partial charge in [-0.15, -0.1) is 0 Å². The van der Waals surface area contributed by atoms with Crippen molar-refractivity contribution in [2.75, 3.05) is 0 Å². The van der Waals surface area contributed by atoms with Crippen LogP contribution in [0.5, 0.6) is 0 Å². The number of benzene rings is 1. The molecule has 114 valence electrons. The summed E-state index contributed by atoms with van der Waals surface area (Å²) >= 11 is 0. The van der Waals surface area contributed by atoms with Crippen molar-refractivity contribution in [1.29, 1.82) is 0 Å². The Morgan fingerprint density at radius 3 is 1.90 bits per heavy atom. The SMILES string of the molecule is CC(C)Cc1cccc(C(O)(CC(C)C)CC(C)C)c1. The van der Waals surface area contributed by atoms with Crippen LogP contribution in [-0.2, 0) is 12.0 Å². The Morgan fingerprint density at radius 1 is 0.900 bits per heavy atom. The fraction of sp³-hybridized carbons (Fsp3) is 0.684. The highest BCUT2D eigenvalue weighted by molar-refractivity contribution is 5.29. The molecule has 0 aliphatic heterocycles. The second kappa shape index (κ2) is 7.26. The molecule has 1 aromatic rings. The van der Waals surface area contributed by atoms with E-state index in [9.17, 15) is 5.11 Å². The standard InChI is InChI=1S/C19H32O/c1-14(2)10-17-8-7-9-18(11-17)19(20,12-15(3)4)13-16(5)6/h7-9,11,14-16,20H,10,12-13H2,1-6H3. The van der Waals surface area contributed by atoms with Crippen molar-refractivity contribution in [3.8, 4) is 0 Å². The predicted molar refractivity (Wildman–Crippen MR) is 87.8 cm³/mol. The molecule has 0 radical (unpaired) electrons. The van der Waals surface area contributed by atoms with E-state index in [2.05, 4.69) is 65.8 Å². The molecule has 0 fully saturated rings. The first kappa shape index (κ1) is 17.2. The molecule has 1 heteroatoms. The predicted octanol–water partition coefficient (Wildman–Crippen LogP) is 5.16. The van der Waals surface area contributed by atoms with Crippen molar-refractivity contribution in [2.45, 2.75) is 66.4 Å². The van der Waals surface area contributed by atoms with Crippen LogP contribution in [0.4, 0.5) is 0 Å². The van der Waals surface area contributed by atoms with Crippen LogP contribution in [0.15, 0.2) is 24.3 Å². The summed E-state index contributed by atoms with van der Waals surface area (Å²) in [4.78, 5) is 0. The van der Waals surface area contributed by atoms with Gasteiger partial charge >= 0.3 is 0 Å². The summed E-state index contributed by atoms with van der Waals surface area (Å²) in [5.74, 6) is 1.63. The summed E-state index contributed by atoms with van der Waals surface area (Å²) in [6, 6.07) is 8.58. The van der Waals surface area contributed by atoms with Crippen molar-refractivity contribution in [3.63, 3.8) is 0 Å². The first-order valence-corrected chi connectivity index (χ1v) is 8.04. The van der Waals surface area contributed by atoms with Crippen LogP contribution < -0.4 is 0 Å². The van der Waals surface area contributed by atoms with E-state index in [-0.39, 0.29) is 0 Å². The molecule has 0 spiro atoms. The molecule has 0 saturated carbocycles. The highest BCUT2D eigenvalue weighted by Gasteiger charge is 2.31. The first-order valence-electron chi connectivity index (χ1n) is 8.04. The van der Waals surface area contributed by atoms with Gasteiger partial charge in [0.25, 0.3) is 0 Å². The van der Waals surface area contributed by atoms with Gasteiger partial charge in [-0.25, -0.2) is 0 Å². The van der Waals surface area contributed by atoms with Gasteiger partial charge in [-0.05, 0) is 48.1 Å². The van der Waals surface area contributed by atoms with Crippen molar-refractivity contribution in [2.24, 2.45) is 17.8 Å². The van der Waals surface area contributed by atoms with Crippen LogP contribution in [-0.4, -0.2) is 5.11 Å². The monoisotopic (exact) mass is 276 g/mol. The summed E-state index contributed by atoms with van der Waals surface area (Å²) in [6.45, 7) is 13.2. The Kier molecular flexibility index (Phi) is 6.26. The maximum atomic E-state index is 11.2. The molecule has 0 atom stereocenters. The van der Waals surface area contributed by atoms with Gasteiger partial charge in [-0.3, -0.25) is 0 Å². The molecule has 0 aliphatic rings. The van der Waals surface area contributed by atoms with Crippen molar-refractivity contribution < 1.29 is 5.11 Å². The second-order valence-electron chi connectivity index (χ2n) is 7.53. The molecule has 0 aliphatic carbocycles. The van der Waals surface area contributed by atoms with E-state index in [1.807, 2.05) is 0 Å². The molecule has 0 heterocycles. The van der Waals surface area contributed by atoms with Crippen LogP contribution in [0, 0.1) is 17.8 Å². The third kappa shape index (κ3) is 5.28. The zero-order chi connectivity index (χ0) is 15.3. The lowest BCUT2D eigenvalue weighted by atomic mass is 9.79. The lowest BCUT2D eigenvalue weighted by Gasteiger charge is -2.32. The van der Waals surface area contributed by atoms with E-state index in [1.165, 1.54) is 5.56 Å². The van der Waals surface area contributed by atoms with Crippen LogP contribution in [0.3, 0.4) is 0 Å². The van der Waals surface area contributed by atoms with Gasteiger partial charge in [0, 0.05) is 0 Å². The van der Waals surface area contributed by atoms with Crippen molar-refractivity contribution in [3.05, 3.63) is 35.4 Å². The largest absolute Gasteiger partial charge is 0.385 e. The van der Waals surface area contributed by atoms with Crippen molar-refractivity contribution >= 4 is 0 Å². The van der Waals surface area contributed by atoms with Gasteiger partial charge in [0.2, 0.25) is 0 Å². The molecule has 1 nitrogen and oxygen atoms in total. The van der Waals surface area contributed by atoms with Gasteiger partial charge in [-0.2, -0.15) is 0 Å². The number of hydrogen-bond donors (Lipinski definition) is 1. The molecule has 0 saturated heterocycles. The molecule has 1 rings (SSSR count). The molecule has 0 unspecified atom stereocenters. The highest BCUT2D eigenvalue weighted by Crippen LogP contribution is 2.35.